The van der Waals surface area contributed by atoms with Crippen LogP contribution in [-0.4, -0.2) is 73.4 Å². The third-order valence-corrected chi connectivity index (χ3v) is 17.4. The highest BCUT2D eigenvalue weighted by atomic mass is 31.2. The van der Waals surface area contributed by atoms with E-state index in [1.165, 1.54) is 257 Å². The first-order valence-corrected chi connectivity index (χ1v) is 37.8. The first kappa shape index (κ1) is 81.9. The minimum atomic E-state index is -4.36. The summed E-state index contributed by atoms with van der Waals surface area (Å²) in [4.78, 5) is 23.5. The Kier molecular flexibility index (Phi) is 63.8. The average molecular weight is 1200 g/mol. The number of aliphatic hydroxyl groups excluding tert-OH is 1. The molecule has 0 aromatic heterocycles. The lowest BCUT2D eigenvalue weighted by Crippen LogP contribution is -2.45. The molecule has 492 valence electrons. The molecule has 0 fully saturated rings. The molecule has 0 bridgehead atoms. The lowest BCUT2D eigenvalue weighted by atomic mass is 10.0. The van der Waals surface area contributed by atoms with Gasteiger partial charge in [0.2, 0.25) is 5.91 Å². The number of aliphatic hydroxyl groups is 1. The maximum Gasteiger partial charge on any atom is 0.472 e. The topological polar surface area (TPSA) is 105 Å². The first-order chi connectivity index (χ1) is 41.0. The van der Waals surface area contributed by atoms with Crippen molar-refractivity contribution in [1.82, 2.24) is 5.32 Å². The van der Waals surface area contributed by atoms with Crippen molar-refractivity contribution in [3.63, 3.8) is 0 Å². The zero-order valence-electron chi connectivity index (χ0n) is 56.4. The number of nitrogens with one attached hydrogen (secondary N) is 1. The Morgan fingerprint density at radius 3 is 1.05 bits per heavy atom. The Labute approximate surface area is 523 Å². The fraction of sp³-hybridized carbons (Fsp3) is 0.827. The highest BCUT2D eigenvalue weighted by molar-refractivity contribution is 7.47. The van der Waals surface area contributed by atoms with Gasteiger partial charge in [0.25, 0.3) is 0 Å². The summed E-state index contributed by atoms with van der Waals surface area (Å²) in [6.07, 6.45) is 92.0. The summed E-state index contributed by atoms with van der Waals surface area (Å²) in [6.45, 7) is 4.75. The van der Waals surface area contributed by atoms with Gasteiger partial charge in [-0.2, -0.15) is 0 Å². The number of likely N-dealkylation sites (N-methyl/N-ethyl adjacent to an activating group) is 1. The van der Waals surface area contributed by atoms with Crippen LogP contribution < -0.4 is 5.32 Å². The largest absolute Gasteiger partial charge is 0.472 e. The van der Waals surface area contributed by atoms with Crippen molar-refractivity contribution in [2.75, 3.05) is 40.9 Å². The number of hydrogen-bond acceptors (Lipinski definition) is 5. The van der Waals surface area contributed by atoms with Gasteiger partial charge in [-0.05, 0) is 64.2 Å². The number of allylic oxidation sites excluding steroid dienone is 11. The van der Waals surface area contributed by atoms with Gasteiger partial charge in [-0.25, -0.2) is 4.57 Å². The number of amides is 1. The molecule has 9 heteroatoms. The second-order valence-corrected chi connectivity index (χ2v) is 27.4. The van der Waals surface area contributed by atoms with Crippen molar-refractivity contribution in [3.8, 4) is 0 Å². The third-order valence-electron chi connectivity index (χ3n) is 16.4. The highest BCUT2D eigenvalue weighted by Gasteiger charge is 2.28. The van der Waals surface area contributed by atoms with Crippen LogP contribution in [0.1, 0.15) is 348 Å². The van der Waals surface area contributed by atoms with Gasteiger partial charge in [0.15, 0.2) is 0 Å². The molecule has 0 heterocycles. The normalized spacial score (nSPS) is 14.0. The van der Waals surface area contributed by atoms with E-state index in [2.05, 4.69) is 79.9 Å². The molecular formula is C75H142N2O6P+. The Hall–Kier alpha value is -2.06. The van der Waals surface area contributed by atoms with Crippen molar-refractivity contribution in [3.05, 3.63) is 72.9 Å². The number of unbranched alkanes of at least 4 members (excludes halogenated alkanes) is 44. The van der Waals surface area contributed by atoms with Crippen LogP contribution in [0.5, 0.6) is 0 Å². The quantitative estimate of drug-likeness (QED) is 0.0243. The van der Waals surface area contributed by atoms with E-state index in [1.54, 1.807) is 6.08 Å². The van der Waals surface area contributed by atoms with Crippen molar-refractivity contribution >= 4 is 13.7 Å². The summed E-state index contributed by atoms with van der Waals surface area (Å²) in [6, 6.07) is -0.851. The van der Waals surface area contributed by atoms with Gasteiger partial charge < -0.3 is 19.8 Å². The summed E-state index contributed by atoms with van der Waals surface area (Å²) >= 11 is 0. The van der Waals surface area contributed by atoms with E-state index < -0.39 is 20.0 Å². The summed E-state index contributed by atoms with van der Waals surface area (Å²) in [5.74, 6) is -0.174. The zero-order chi connectivity index (χ0) is 61.2. The second-order valence-electron chi connectivity index (χ2n) is 25.9. The van der Waals surface area contributed by atoms with E-state index >= 15 is 0 Å². The van der Waals surface area contributed by atoms with Gasteiger partial charge in [-0.15, -0.1) is 0 Å². The lowest BCUT2D eigenvalue weighted by molar-refractivity contribution is -0.870. The monoisotopic (exact) mass is 1200 g/mol. The molecule has 0 aromatic rings. The maximum absolute atomic E-state index is 13.1. The summed E-state index contributed by atoms with van der Waals surface area (Å²) in [7, 11) is 1.58. The molecule has 3 atom stereocenters. The Morgan fingerprint density at radius 2 is 0.714 bits per heavy atom. The molecule has 0 aliphatic carbocycles. The van der Waals surface area contributed by atoms with E-state index in [9.17, 15) is 19.4 Å². The van der Waals surface area contributed by atoms with Gasteiger partial charge >= 0.3 is 7.82 Å². The SMILES string of the molecule is CC/C=C\C/C=C\C/C=C\C/C=C\C/C=C\CCCCCCCCCCCCCCCCCC(=O)NC(COP(=O)(O)OCC[N+](C)(C)C)C(O)/C=C/CCCCCCCCCCCCCCCCCCCCCCCCCCCCCCC. The minimum Gasteiger partial charge on any atom is -0.387 e. The van der Waals surface area contributed by atoms with Crippen molar-refractivity contribution in [2.24, 2.45) is 0 Å². The van der Waals surface area contributed by atoms with Crippen LogP contribution in [0.2, 0.25) is 0 Å². The van der Waals surface area contributed by atoms with Crippen LogP contribution in [0.4, 0.5) is 0 Å². The number of hydrogen-bond donors (Lipinski definition) is 3. The van der Waals surface area contributed by atoms with Crippen molar-refractivity contribution in [2.45, 2.75) is 360 Å². The number of rotatable bonds is 67. The van der Waals surface area contributed by atoms with Crippen molar-refractivity contribution in [1.29, 1.82) is 0 Å². The molecule has 0 aliphatic rings. The molecule has 0 spiro atoms. The van der Waals surface area contributed by atoms with Crippen LogP contribution in [-0.2, 0) is 18.4 Å². The van der Waals surface area contributed by atoms with Gasteiger partial charge in [-0.3, -0.25) is 13.8 Å². The van der Waals surface area contributed by atoms with E-state index in [0.717, 1.165) is 70.6 Å². The molecule has 3 unspecified atom stereocenters. The molecule has 3 N–H and O–H groups in total. The van der Waals surface area contributed by atoms with Crippen molar-refractivity contribution < 1.29 is 32.9 Å². The molecule has 8 nitrogen and oxygen atoms in total. The third kappa shape index (κ3) is 67.4. The average Bonchev–Trinajstić information content (AvgIpc) is 3.56. The molecule has 0 aromatic carbocycles. The van der Waals surface area contributed by atoms with Crippen LogP contribution >= 0.6 is 7.82 Å². The molecule has 1 amide bonds. The first-order valence-electron chi connectivity index (χ1n) is 36.3. The molecule has 84 heavy (non-hydrogen) atoms. The molecule has 0 aliphatic heterocycles. The van der Waals surface area contributed by atoms with Crippen LogP contribution in [0.25, 0.3) is 0 Å². The minimum absolute atomic E-state index is 0.0606. The van der Waals surface area contributed by atoms with E-state index in [1.807, 2.05) is 27.2 Å². The Balaban J connectivity index is 4.05. The number of carbonyl (C=O) groups is 1. The van der Waals surface area contributed by atoms with Crippen LogP contribution in [0.15, 0.2) is 72.9 Å². The smallest absolute Gasteiger partial charge is 0.387 e. The van der Waals surface area contributed by atoms with Crippen LogP contribution in [0, 0.1) is 0 Å². The standard InChI is InChI=1S/C75H141N2O6P/c1-6-8-10-12-14-16-18-20-22-24-26-28-30-32-34-36-38-40-42-44-46-48-50-52-54-56-58-60-62-64-66-68-74(78)73(72-83-84(80,81)82-71-70-77(3,4)5)76-75(79)69-67-65-63-61-59-57-55-53-51-49-47-45-43-41-39-37-35-33-31-29-27-25-23-21-19-17-15-13-11-9-7-2/h9,11,15,17,21,23,27,29,33,35,66,68,73-74,78H,6-8,10,12-14,16,18-20,22,24-26,28,30-32,34,36-65,67,69-72H2,1-5H3,(H-,76,79,80,81)/p+1/b11-9-,17-15-,23-21-,29-27-,35-33-,68-66+. The summed E-state index contributed by atoms with van der Waals surface area (Å²) in [5.41, 5.74) is 0. The molecule has 0 radical (unpaired) electrons. The predicted octanol–water partition coefficient (Wildman–Crippen LogP) is 23.3. The molecule has 0 saturated carbocycles. The number of phosphoric ester groups is 1. The van der Waals surface area contributed by atoms with Gasteiger partial charge in [0.05, 0.1) is 39.9 Å². The van der Waals surface area contributed by atoms with Gasteiger partial charge in [-0.1, -0.05) is 350 Å². The lowest BCUT2D eigenvalue weighted by Gasteiger charge is -2.25. The Bertz CT molecular complexity index is 1600. The second kappa shape index (κ2) is 65.4. The van der Waals surface area contributed by atoms with Crippen LogP contribution in [0.3, 0.4) is 0 Å². The molecule has 0 rings (SSSR count). The van der Waals surface area contributed by atoms with E-state index in [-0.39, 0.29) is 19.1 Å². The summed E-state index contributed by atoms with van der Waals surface area (Å²) < 4.78 is 23.8. The van der Waals surface area contributed by atoms with E-state index in [0.29, 0.717) is 17.4 Å². The fourth-order valence-electron chi connectivity index (χ4n) is 10.8. The number of nitrogens with zero attached hydrogens (tertiary/aromatic N) is 1. The summed E-state index contributed by atoms with van der Waals surface area (Å²) in [5, 5.41) is 14.0. The van der Waals surface area contributed by atoms with Gasteiger partial charge in [0.1, 0.15) is 13.2 Å². The highest BCUT2D eigenvalue weighted by Crippen LogP contribution is 2.43. The maximum atomic E-state index is 13.1. The number of quaternary nitrogens is 1. The van der Waals surface area contributed by atoms with E-state index in [4.69, 9.17) is 9.05 Å². The van der Waals surface area contributed by atoms with Gasteiger partial charge in [0, 0.05) is 6.42 Å². The molecule has 0 saturated heterocycles. The number of carbonyl (C=O) groups excluding carboxylic acids is 1. The zero-order valence-corrected chi connectivity index (χ0v) is 57.3. The fourth-order valence-corrected chi connectivity index (χ4v) is 11.6. The Morgan fingerprint density at radius 1 is 0.417 bits per heavy atom. The molecular weight excluding hydrogens is 1060 g/mol. The number of phosphoric acid groups is 1. The predicted molar refractivity (Wildman–Crippen MR) is 369 cm³/mol.